The summed E-state index contributed by atoms with van der Waals surface area (Å²) >= 11 is 0. The summed E-state index contributed by atoms with van der Waals surface area (Å²) in [5.74, 6) is 1.66. The Kier molecular flexibility index (Phi) is 5.52. The van der Waals surface area contributed by atoms with Crippen LogP contribution >= 0.6 is 0 Å². The van der Waals surface area contributed by atoms with Crippen LogP contribution in [0.1, 0.15) is 17.7 Å². The van der Waals surface area contributed by atoms with Crippen molar-refractivity contribution in [3.05, 3.63) is 60.2 Å². The zero-order chi connectivity index (χ0) is 22.8. The summed E-state index contributed by atoms with van der Waals surface area (Å²) < 4.78 is 5.06. The third-order valence-electron chi connectivity index (χ3n) is 5.60. The van der Waals surface area contributed by atoms with E-state index >= 15 is 0 Å². The minimum Gasteiger partial charge on any atom is -0.481 e. The molecule has 0 unspecified atom stereocenters. The quantitative estimate of drug-likeness (QED) is 0.487. The lowest BCUT2D eigenvalue weighted by atomic mass is 10.2. The van der Waals surface area contributed by atoms with E-state index in [1.54, 1.807) is 37.8 Å². The molecule has 0 spiro atoms. The molecule has 0 atom stereocenters. The SMILES string of the molecule is COc1ccc(NC(=O)CN(C)c2nc(-c3cc4cccnc4cn3)nc3c2CCC3)cn1. The molecule has 5 rings (SSSR count). The minimum absolute atomic E-state index is 0.143. The summed E-state index contributed by atoms with van der Waals surface area (Å²) in [5, 5.41) is 3.85. The maximum Gasteiger partial charge on any atom is 0.243 e. The molecule has 4 aromatic rings. The zero-order valence-electron chi connectivity index (χ0n) is 18.4. The van der Waals surface area contributed by atoms with Gasteiger partial charge in [-0.15, -0.1) is 0 Å². The van der Waals surface area contributed by atoms with Crippen molar-refractivity contribution in [1.29, 1.82) is 0 Å². The van der Waals surface area contributed by atoms with E-state index in [1.807, 2.05) is 30.1 Å². The van der Waals surface area contributed by atoms with Gasteiger partial charge >= 0.3 is 0 Å². The Labute approximate surface area is 190 Å². The average Bonchev–Trinajstić information content (AvgIpc) is 3.32. The van der Waals surface area contributed by atoms with E-state index < -0.39 is 0 Å². The van der Waals surface area contributed by atoms with E-state index in [9.17, 15) is 4.79 Å². The number of rotatable bonds is 6. The first-order chi connectivity index (χ1) is 16.1. The number of nitrogens with zero attached hydrogens (tertiary/aromatic N) is 6. The van der Waals surface area contributed by atoms with Crippen LogP contribution < -0.4 is 15.0 Å². The number of methoxy groups -OCH3 is 1. The lowest BCUT2D eigenvalue weighted by molar-refractivity contribution is -0.114. The van der Waals surface area contributed by atoms with Gasteiger partial charge in [0.2, 0.25) is 11.8 Å². The molecule has 0 radical (unpaired) electrons. The van der Waals surface area contributed by atoms with Crippen molar-refractivity contribution in [3.63, 3.8) is 0 Å². The molecular formula is C24H23N7O2. The monoisotopic (exact) mass is 441 g/mol. The van der Waals surface area contributed by atoms with Crippen molar-refractivity contribution in [2.24, 2.45) is 0 Å². The molecule has 9 heteroatoms. The van der Waals surface area contributed by atoms with Crippen LogP contribution in [-0.4, -0.2) is 51.5 Å². The first-order valence-corrected chi connectivity index (χ1v) is 10.7. The highest BCUT2D eigenvalue weighted by Gasteiger charge is 2.23. The fourth-order valence-electron chi connectivity index (χ4n) is 4.01. The van der Waals surface area contributed by atoms with E-state index in [4.69, 9.17) is 14.7 Å². The minimum atomic E-state index is -0.161. The first-order valence-electron chi connectivity index (χ1n) is 10.7. The highest BCUT2D eigenvalue weighted by molar-refractivity contribution is 5.94. The second-order valence-corrected chi connectivity index (χ2v) is 7.91. The van der Waals surface area contributed by atoms with Gasteiger partial charge in [-0.1, -0.05) is 6.07 Å². The summed E-state index contributed by atoms with van der Waals surface area (Å²) in [6.07, 6.45) is 7.86. The van der Waals surface area contributed by atoms with Gasteiger partial charge in [0.25, 0.3) is 0 Å². The normalized spacial score (nSPS) is 12.4. The number of nitrogens with one attached hydrogen (secondary N) is 1. The lowest BCUT2D eigenvalue weighted by Gasteiger charge is -2.21. The number of carbonyl (C=O) groups is 1. The molecule has 0 saturated carbocycles. The van der Waals surface area contributed by atoms with Gasteiger partial charge in [-0.25, -0.2) is 15.0 Å². The van der Waals surface area contributed by atoms with Crippen LogP contribution in [0.15, 0.2) is 48.9 Å². The number of hydrogen-bond donors (Lipinski definition) is 1. The van der Waals surface area contributed by atoms with Gasteiger partial charge in [-0.3, -0.25) is 14.8 Å². The molecule has 0 bridgehead atoms. The van der Waals surface area contributed by atoms with Crippen LogP contribution in [0.5, 0.6) is 5.88 Å². The molecular weight excluding hydrogens is 418 g/mol. The maximum atomic E-state index is 12.7. The van der Waals surface area contributed by atoms with Gasteiger partial charge in [0, 0.05) is 36.0 Å². The summed E-state index contributed by atoms with van der Waals surface area (Å²) in [4.78, 5) is 37.1. The van der Waals surface area contributed by atoms with E-state index in [1.165, 1.54) is 0 Å². The van der Waals surface area contributed by atoms with E-state index in [0.717, 1.165) is 47.2 Å². The molecule has 1 N–H and O–H groups in total. The maximum absolute atomic E-state index is 12.7. The smallest absolute Gasteiger partial charge is 0.243 e. The largest absolute Gasteiger partial charge is 0.481 e. The number of aromatic nitrogens is 5. The summed E-state index contributed by atoms with van der Waals surface area (Å²) in [6, 6.07) is 9.30. The number of aryl methyl sites for hydroxylation is 1. The second-order valence-electron chi connectivity index (χ2n) is 7.91. The Balaban J connectivity index is 1.40. The Bertz CT molecular complexity index is 1320. The third-order valence-corrected chi connectivity index (χ3v) is 5.60. The first kappa shape index (κ1) is 20.7. The van der Waals surface area contributed by atoms with Gasteiger partial charge in [0.05, 0.1) is 37.3 Å². The van der Waals surface area contributed by atoms with Crippen LogP contribution in [0.25, 0.3) is 22.4 Å². The molecule has 4 heterocycles. The highest BCUT2D eigenvalue weighted by atomic mass is 16.5. The average molecular weight is 441 g/mol. The van der Waals surface area contributed by atoms with Gasteiger partial charge in [-0.05, 0) is 37.5 Å². The van der Waals surface area contributed by atoms with Crippen molar-refractivity contribution in [2.75, 3.05) is 30.9 Å². The number of pyridine rings is 3. The van der Waals surface area contributed by atoms with E-state index in [0.29, 0.717) is 23.1 Å². The fourth-order valence-corrected chi connectivity index (χ4v) is 4.01. The third kappa shape index (κ3) is 4.30. The highest BCUT2D eigenvalue weighted by Crippen LogP contribution is 2.31. The fraction of sp³-hybridized carbons (Fsp3) is 0.250. The van der Waals surface area contributed by atoms with Crippen LogP contribution in [-0.2, 0) is 17.6 Å². The summed E-state index contributed by atoms with van der Waals surface area (Å²) in [5.41, 5.74) is 4.24. The van der Waals surface area contributed by atoms with Crippen molar-refractivity contribution in [2.45, 2.75) is 19.3 Å². The predicted molar refractivity (Wildman–Crippen MR) is 125 cm³/mol. The topological polar surface area (TPSA) is 106 Å². The molecule has 33 heavy (non-hydrogen) atoms. The molecule has 0 aliphatic heterocycles. The Hall–Kier alpha value is -4.14. The van der Waals surface area contributed by atoms with Gasteiger partial charge in [0.1, 0.15) is 11.5 Å². The lowest BCUT2D eigenvalue weighted by Crippen LogP contribution is -2.31. The molecule has 0 aromatic carbocycles. The number of ether oxygens (including phenoxy) is 1. The molecule has 1 amide bonds. The molecule has 0 saturated heterocycles. The number of likely N-dealkylation sites (N-methyl/N-ethyl adjacent to an activating group) is 1. The van der Waals surface area contributed by atoms with Crippen molar-refractivity contribution in [3.8, 4) is 17.4 Å². The van der Waals surface area contributed by atoms with Crippen molar-refractivity contribution >= 4 is 28.3 Å². The molecule has 4 aromatic heterocycles. The Morgan fingerprint density at radius 3 is 2.85 bits per heavy atom. The molecule has 0 fully saturated rings. The van der Waals surface area contributed by atoms with E-state index in [2.05, 4.69) is 20.3 Å². The second kappa shape index (κ2) is 8.78. The van der Waals surface area contributed by atoms with Gasteiger partial charge in [-0.2, -0.15) is 0 Å². The molecule has 1 aliphatic carbocycles. The van der Waals surface area contributed by atoms with Crippen molar-refractivity contribution < 1.29 is 9.53 Å². The van der Waals surface area contributed by atoms with Crippen molar-refractivity contribution in [1.82, 2.24) is 24.9 Å². The zero-order valence-corrected chi connectivity index (χ0v) is 18.4. The Morgan fingerprint density at radius 2 is 2.03 bits per heavy atom. The predicted octanol–water partition coefficient (Wildman–Crippen LogP) is 3.05. The van der Waals surface area contributed by atoms with Crippen LogP contribution in [0, 0.1) is 0 Å². The summed E-state index contributed by atoms with van der Waals surface area (Å²) in [7, 11) is 3.42. The number of fused-ring (bicyclic) bond motifs is 2. The molecule has 1 aliphatic rings. The van der Waals surface area contributed by atoms with E-state index in [-0.39, 0.29) is 12.5 Å². The number of anilines is 2. The summed E-state index contributed by atoms with van der Waals surface area (Å²) in [6.45, 7) is 0.143. The number of amides is 1. The molecule has 9 nitrogen and oxygen atoms in total. The Morgan fingerprint density at radius 1 is 1.12 bits per heavy atom. The van der Waals surface area contributed by atoms with Crippen LogP contribution in [0.2, 0.25) is 0 Å². The van der Waals surface area contributed by atoms with Crippen LogP contribution in [0.3, 0.4) is 0 Å². The van der Waals surface area contributed by atoms with Gasteiger partial charge in [0.15, 0.2) is 5.82 Å². The standard InChI is InChI=1S/C24H23N7O2/c1-31(14-21(32)28-16-8-9-22(33-2)27-12-16)24-17-6-3-7-18(17)29-23(30-24)19-11-15-5-4-10-25-20(15)13-26-19/h4-5,8-13H,3,6-7,14H2,1-2H3,(H,28,32). The van der Waals surface area contributed by atoms with Crippen LogP contribution in [0.4, 0.5) is 11.5 Å². The van der Waals surface area contributed by atoms with Gasteiger partial charge < -0.3 is 15.0 Å². The number of hydrogen-bond acceptors (Lipinski definition) is 8. The molecule has 166 valence electrons. The number of carbonyl (C=O) groups excluding carboxylic acids is 1.